The molecule has 1 fully saturated rings. The minimum atomic E-state index is -0.352. The van der Waals surface area contributed by atoms with Crippen LogP contribution in [0.3, 0.4) is 0 Å². The van der Waals surface area contributed by atoms with Crippen LogP contribution in [0.5, 0.6) is 5.75 Å². The molecule has 6 heteroatoms. The molecule has 0 saturated carbocycles. The molecule has 1 unspecified atom stereocenters. The van der Waals surface area contributed by atoms with Gasteiger partial charge in [-0.15, -0.1) is 11.3 Å². The van der Waals surface area contributed by atoms with Crippen molar-refractivity contribution in [1.82, 2.24) is 4.90 Å². The smallest absolute Gasteiger partial charge is 0.254 e. The second-order valence-corrected chi connectivity index (χ2v) is 8.69. The second-order valence-electron chi connectivity index (χ2n) is 7.65. The molecular formula is C25H26FNO3S. The molecule has 4 rings (SSSR count). The zero-order chi connectivity index (χ0) is 21.5. The summed E-state index contributed by atoms with van der Waals surface area (Å²) in [5, 5.41) is 2.07. The Morgan fingerprint density at radius 2 is 2.03 bits per heavy atom. The van der Waals surface area contributed by atoms with Crippen molar-refractivity contribution >= 4 is 17.2 Å². The van der Waals surface area contributed by atoms with Gasteiger partial charge in [0.2, 0.25) is 0 Å². The van der Waals surface area contributed by atoms with Crippen LogP contribution in [0.1, 0.15) is 33.6 Å². The average molecular weight is 440 g/mol. The predicted molar refractivity (Wildman–Crippen MR) is 120 cm³/mol. The lowest BCUT2D eigenvalue weighted by atomic mass is 10.1. The summed E-state index contributed by atoms with van der Waals surface area (Å²) >= 11 is 1.73. The van der Waals surface area contributed by atoms with Crippen LogP contribution in [0, 0.1) is 5.82 Å². The first-order valence-electron chi connectivity index (χ1n) is 10.6. The monoisotopic (exact) mass is 439 g/mol. The van der Waals surface area contributed by atoms with Crippen molar-refractivity contribution in [2.45, 2.75) is 31.9 Å². The summed E-state index contributed by atoms with van der Waals surface area (Å²) in [5.41, 5.74) is 1.46. The van der Waals surface area contributed by atoms with Gasteiger partial charge in [-0.3, -0.25) is 4.79 Å². The van der Waals surface area contributed by atoms with Crippen molar-refractivity contribution in [3.8, 4) is 5.75 Å². The highest BCUT2D eigenvalue weighted by Crippen LogP contribution is 2.20. The van der Waals surface area contributed by atoms with Crippen LogP contribution in [0.25, 0.3) is 0 Å². The van der Waals surface area contributed by atoms with Crippen LogP contribution in [0.15, 0.2) is 66.0 Å². The third kappa shape index (κ3) is 6.15. The number of rotatable bonds is 9. The normalized spacial score (nSPS) is 15.7. The molecule has 0 spiro atoms. The number of thiophene rings is 1. The first kappa shape index (κ1) is 21.5. The molecule has 1 aromatic heterocycles. The predicted octanol–water partition coefficient (Wildman–Crippen LogP) is 5.33. The van der Waals surface area contributed by atoms with Gasteiger partial charge in [0.05, 0.1) is 12.7 Å². The Morgan fingerprint density at radius 1 is 1.16 bits per heavy atom. The lowest BCUT2D eigenvalue weighted by Gasteiger charge is -2.26. The summed E-state index contributed by atoms with van der Waals surface area (Å²) in [4.78, 5) is 16.2. The van der Waals surface area contributed by atoms with Gasteiger partial charge in [0.25, 0.3) is 5.91 Å². The highest BCUT2D eigenvalue weighted by atomic mass is 32.1. The Labute approximate surface area is 186 Å². The van der Waals surface area contributed by atoms with Gasteiger partial charge in [0.1, 0.15) is 11.6 Å². The average Bonchev–Trinajstić information content (AvgIpc) is 3.48. The molecule has 1 aliphatic heterocycles. The van der Waals surface area contributed by atoms with E-state index in [9.17, 15) is 9.18 Å². The quantitative estimate of drug-likeness (QED) is 0.452. The maximum absolute atomic E-state index is 13.3. The number of amides is 1. The van der Waals surface area contributed by atoms with Crippen molar-refractivity contribution in [2.24, 2.45) is 0 Å². The number of hydrogen-bond donors (Lipinski definition) is 0. The molecule has 4 nitrogen and oxygen atoms in total. The highest BCUT2D eigenvalue weighted by molar-refractivity contribution is 7.09. The van der Waals surface area contributed by atoms with E-state index >= 15 is 0 Å². The largest absolute Gasteiger partial charge is 0.493 e. The standard InChI is InChI=1S/C25H26FNO3S/c26-21-10-8-20(9-11-21)25(28)27(18-23-6-2-13-29-23)17-19-4-1-5-22(16-19)30-14-12-24-7-3-15-31-24/h1,3-5,7-11,15-16,23H,2,6,12-14,17-18H2. The van der Waals surface area contributed by atoms with Crippen LogP contribution in [0.4, 0.5) is 4.39 Å². The SMILES string of the molecule is O=C(c1ccc(F)cc1)N(Cc1cccc(OCCc2cccs2)c1)CC1CCCO1. The van der Waals surface area contributed by atoms with E-state index in [4.69, 9.17) is 9.47 Å². The molecule has 1 amide bonds. The zero-order valence-electron chi connectivity index (χ0n) is 17.3. The summed E-state index contributed by atoms with van der Waals surface area (Å²) in [6.45, 7) is 2.30. The molecule has 3 aromatic rings. The minimum absolute atomic E-state index is 0.0367. The molecule has 31 heavy (non-hydrogen) atoms. The van der Waals surface area contributed by atoms with E-state index in [1.54, 1.807) is 16.2 Å². The first-order chi connectivity index (χ1) is 15.2. The van der Waals surface area contributed by atoms with Gasteiger partial charge < -0.3 is 14.4 Å². The number of benzene rings is 2. The van der Waals surface area contributed by atoms with E-state index < -0.39 is 0 Å². The molecule has 1 atom stereocenters. The van der Waals surface area contributed by atoms with Gasteiger partial charge in [0.15, 0.2) is 0 Å². The number of ether oxygens (including phenoxy) is 2. The Bertz CT molecular complexity index is 969. The van der Waals surface area contributed by atoms with Gasteiger partial charge >= 0.3 is 0 Å². The molecule has 1 aliphatic rings. The van der Waals surface area contributed by atoms with Gasteiger partial charge in [-0.1, -0.05) is 18.2 Å². The summed E-state index contributed by atoms with van der Waals surface area (Å²) in [6.07, 6.45) is 2.86. The second kappa shape index (κ2) is 10.6. The Morgan fingerprint density at radius 3 is 2.77 bits per heavy atom. The van der Waals surface area contributed by atoms with Crippen molar-refractivity contribution in [3.63, 3.8) is 0 Å². The lowest BCUT2D eigenvalue weighted by molar-refractivity contribution is 0.0507. The minimum Gasteiger partial charge on any atom is -0.493 e. The number of carbonyl (C=O) groups is 1. The maximum atomic E-state index is 13.3. The number of hydrogen-bond acceptors (Lipinski definition) is 4. The molecule has 0 radical (unpaired) electrons. The van der Waals surface area contributed by atoms with Crippen molar-refractivity contribution in [1.29, 1.82) is 0 Å². The Hall–Kier alpha value is -2.70. The Kier molecular flexibility index (Phi) is 7.33. The van der Waals surface area contributed by atoms with E-state index in [-0.39, 0.29) is 17.8 Å². The van der Waals surface area contributed by atoms with E-state index in [1.807, 2.05) is 30.3 Å². The van der Waals surface area contributed by atoms with Crippen molar-refractivity contribution in [3.05, 3.63) is 87.9 Å². The number of halogens is 1. The van der Waals surface area contributed by atoms with Crippen LogP contribution >= 0.6 is 11.3 Å². The fourth-order valence-corrected chi connectivity index (χ4v) is 4.40. The fraction of sp³-hybridized carbons (Fsp3) is 0.320. The zero-order valence-corrected chi connectivity index (χ0v) is 18.2. The summed E-state index contributed by atoms with van der Waals surface area (Å²) in [6, 6.07) is 17.7. The van der Waals surface area contributed by atoms with Crippen molar-refractivity contribution in [2.75, 3.05) is 19.8 Å². The van der Waals surface area contributed by atoms with E-state index in [0.29, 0.717) is 25.3 Å². The third-order valence-electron chi connectivity index (χ3n) is 5.30. The van der Waals surface area contributed by atoms with Gasteiger partial charge in [-0.05, 0) is 66.2 Å². The molecular weight excluding hydrogens is 413 g/mol. The Balaban J connectivity index is 1.43. The number of nitrogens with zero attached hydrogens (tertiary/aromatic N) is 1. The molecule has 2 aromatic carbocycles. The molecule has 0 N–H and O–H groups in total. The highest BCUT2D eigenvalue weighted by Gasteiger charge is 2.24. The molecule has 162 valence electrons. The van der Waals surface area contributed by atoms with Crippen LogP contribution < -0.4 is 4.74 Å². The van der Waals surface area contributed by atoms with Gasteiger partial charge in [0, 0.05) is 36.6 Å². The maximum Gasteiger partial charge on any atom is 0.254 e. The number of carbonyl (C=O) groups excluding carboxylic acids is 1. The molecule has 0 aliphatic carbocycles. The van der Waals surface area contributed by atoms with E-state index in [1.165, 1.54) is 29.1 Å². The molecule has 1 saturated heterocycles. The molecule has 0 bridgehead atoms. The fourth-order valence-electron chi connectivity index (χ4n) is 3.71. The molecule has 2 heterocycles. The first-order valence-corrected chi connectivity index (χ1v) is 11.5. The third-order valence-corrected chi connectivity index (χ3v) is 6.23. The summed E-state index contributed by atoms with van der Waals surface area (Å²) in [7, 11) is 0. The van der Waals surface area contributed by atoms with Crippen molar-refractivity contribution < 1.29 is 18.7 Å². The van der Waals surface area contributed by atoms with Crippen LogP contribution in [0.2, 0.25) is 0 Å². The topological polar surface area (TPSA) is 38.8 Å². The van der Waals surface area contributed by atoms with E-state index in [0.717, 1.165) is 37.2 Å². The lowest BCUT2D eigenvalue weighted by Crippen LogP contribution is -2.37. The van der Waals surface area contributed by atoms with Crippen LogP contribution in [-0.4, -0.2) is 36.7 Å². The summed E-state index contributed by atoms with van der Waals surface area (Å²) in [5.74, 6) is 0.314. The summed E-state index contributed by atoms with van der Waals surface area (Å²) < 4.78 is 25.0. The van der Waals surface area contributed by atoms with E-state index in [2.05, 4.69) is 11.4 Å². The van der Waals surface area contributed by atoms with Gasteiger partial charge in [-0.2, -0.15) is 0 Å². The van der Waals surface area contributed by atoms with Gasteiger partial charge in [-0.25, -0.2) is 4.39 Å². The van der Waals surface area contributed by atoms with Crippen LogP contribution in [-0.2, 0) is 17.7 Å².